The number of amides is 1. The Balaban J connectivity index is 1.52. The van der Waals surface area contributed by atoms with E-state index in [-0.39, 0.29) is 50.9 Å². The summed E-state index contributed by atoms with van der Waals surface area (Å²) < 4.78 is 60.2. The number of ether oxygens (including phenoxy) is 1. The number of halogens is 3. The fraction of sp³-hybridized carbons (Fsp3) is 0.286. The second kappa shape index (κ2) is 12.4. The third-order valence-corrected chi connectivity index (χ3v) is 7.36. The summed E-state index contributed by atoms with van der Waals surface area (Å²) in [6.07, 6.45) is 0.119. The Morgan fingerprint density at radius 3 is 2.65 bits per heavy atom. The Morgan fingerprint density at radius 1 is 1.14 bits per heavy atom. The molecule has 0 atom stereocenters. The maximum absolute atomic E-state index is 14.0. The minimum absolute atomic E-state index is 0.0204. The number of carbonyl (C=O) groups excluding carboxylic acids is 1. The molecule has 0 radical (unpaired) electrons. The zero-order valence-corrected chi connectivity index (χ0v) is 24.0. The summed E-state index contributed by atoms with van der Waals surface area (Å²) in [6, 6.07) is 8.24. The van der Waals surface area contributed by atoms with Crippen LogP contribution in [-0.2, 0) is 30.0 Å². The highest BCUT2D eigenvalue weighted by molar-refractivity contribution is 7.22. The second-order valence-electron chi connectivity index (χ2n) is 9.77. The first-order chi connectivity index (χ1) is 20.6. The summed E-state index contributed by atoms with van der Waals surface area (Å²) >= 11 is 0. The van der Waals surface area contributed by atoms with E-state index >= 15 is 0 Å². The summed E-state index contributed by atoms with van der Waals surface area (Å²) in [5.74, 6) is -0.675. The van der Waals surface area contributed by atoms with E-state index < -0.39 is 17.6 Å². The van der Waals surface area contributed by atoms with Gasteiger partial charge in [-0.05, 0) is 41.3 Å². The van der Waals surface area contributed by atoms with Crippen molar-refractivity contribution >= 4 is 37.5 Å². The third kappa shape index (κ3) is 6.30. The van der Waals surface area contributed by atoms with Crippen molar-refractivity contribution in [3.05, 3.63) is 71.2 Å². The van der Waals surface area contributed by atoms with Gasteiger partial charge in [0.05, 0.1) is 36.4 Å². The molecule has 1 amide bonds. The number of nitrogens with one attached hydrogen (secondary N) is 2. The number of methoxy groups -OCH3 is 1. The van der Waals surface area contributed by atoms with Crippen molar-refractivity contribution in [2.24, 2.45) is 0 Å². The number of fused-ring (bicyclic) bond motifs is 1. The number of aromatic nitrogens is 4. The van der Waals surface area contributed by atoms with E-state index in [9.17, 15) is 22.5 Å². The SMILES string of the molecule is COc1cc(CP=O)ccc1Nc1ncc(C(F)(F)F)c(Nc2ccc(-c3cnn(CCCO)c3)c3c2C(=O)N(C)C3)n1. The van der Waals surface area contributed by atoms with Crippen LogP contribution in [0.1, 0.15) is 33.5 Å². The van der Waals surface area contributed by atoms with Gasteiger partial charge in [0, 0.05) is 44.7 Å². The van der Waals surface area contributed by atoms with E-state index in [1.54, 1.807) is 54.5 Å². The highest BCUT2D eigenvalue weighted by Crippen LogP contribution is 2.40. The molecule has 3 heterocycles. The first-order valence-corrected chi connectivity index (χ1v) is 14.1. The smallest absolute Gasteiger partial charge is 0.421 e. The van der Waals surface area contributed by atoms with E-state index in [2.05, 4.69) is 25.7 Å². The molecule has 15 heteroatoms. The average Bonchev–Trinajstić information content (AvgIpc) is 3.56. The number of hydrogen-bond acceptors (Lipinski definition) is 9. The summed E-state index contributed by atoms with van der Waals surface area (Å²) in [4.78, 5) is 22.7. The van der Waals surface area contributed by atoms with Gasteiger partial charge < -0.3 is 25.4 Å². The third-order valence-electron chi connectivity index (χ3n) is 6.87. The molecule has 5 rings (SSSR count). The lowest BCUT2D eigenvalue weighted by Gasteiger charge is -2.17. The molecule has 0 bridgehead atoms. The number of carbonyl (C=O) groups is 1. The topological polar surface area (TPSA) is 134 Å². The molecule has 1 aliphatic rings. The van der Waals surface area contributed by atoms with Crippen molar-refractivity contribution in [3.8, 4) is 16.9 Å². The molecule has 11 nitrogen and oxygen atoms in total. The number of aliphatic hydroxyl groups is 1. The lowest BCUT2D eigenvalue weighted by Crippen LogP contribution is -2.18. The van der Waals surface area contributed by atoms with Crippen LogP contribution in [0.25, 0.3) is 11.1 Å². The van der Waals surface area contributed by atoms with E-state index in [4.69, 9.17) is 9.84 Å². The van der Waals surface area contributed by atoms with Crippen LogP contribution in [0.2, 0.25) is 0 Å². The number of benzene rings is 2. The molecule has 0 saturated heterocycles. The monoisotopic (exact) mass is 613 g/mol. The van der Waals surface area contributed by atoms with Crippen LogP contribution >= 0.6 is 8.46 Å². The van der Waals surface area contributed by atoms with E-state index in [0.29, 0.717) is 36.2 Å². The average molecular weight is 614 g/mol. The van der Waals surface area contributed by atoms with Crippen molar-refractivity contribution in [2.45, 2.75) is 31.8 Å². The second-order valence-corrected chi connectivity index (χ2v) is 10.3. The van der Waals surface area contributed by atoms with E-state index in [0.717, 1.165) is 16.7 Å². The standard InChI is InChI=1S/C28H27F3N7O4P/c1-37-14-19-18(17-11-33-38(13-17)8-3-9-39)5-7-22(24(19)26(37)40)34-25-20(28(29,30)31)12-32-27(36-25)35-21-6-4-16(15-43-41)10-23(21)42-2/h4-7,10-13,39H,3,8-9,14-15H2,1-2H3,(H2,32,34,35,36). The zero-order chi connectivity index (χ0) is 30.7. The summed E-state index contributed by atoms with van der Waals surface area (Å²) in [5.41, 5.74) is 2.51. The predicted molar refractivity (Wildman–Crippen MR) is 153 cm³/mol. The Morgan fingerprint density at radius 2 is 1.93 bits per heavy atom. The molecule has 0 saturated carbocycles. The van der Waals surface area contributed by atoms with Gasteiger partial charge >= 0.3 is 6.18 Å². The Kier molecular flexibility index (Phi) is 8.60. The van der Waals surface area contributed by atoms with Gasteiger partial charge in [-0.1, -0.05) is 12.1 Å². The maximum Gasteiger partial charge on any atom is 0.421 e. The van der Waals surface area contributed by atoms with Gasteiger partial charge in [0.2, 0.25) is 5.95 Å². The zero-order valence-electron chi connectivity index (χ0n) is 23.1. The van der Waals surface area contributed by atoms with Gasteiger partial charge in [-0.3, -0.25) is 14.0 Å². The predicted octanol–water partition coefficient (Wildman–Crippen LogP) is 5.61. The Hall–Kier alpha value is -4.55. The number of rotatable bonds is 11. The van der Waals surface area contributed by atoms with Gasteiger partial charge in [-0.25, -0.2) is 4.98 Å². The number of hydrogen-bond donors (Lipinski definition) is 3. The molecule has 2 aromatic carbocycles. The molecule has 4 aromatic rings. The molecule has 0 aliphatic carbocycles. The minimum atomic E-state index is -4.79. The largest absolute Gasteiger partial charge is 0.495 e. The normalized spacial score (nSPS) is 13.0. The van der Waals surface area contributed by atoms with Gasteiger partial charge in [-0.2, -0.15) is 23.3 Å². The number of nitrogens with zero attached hydrogens (tertiary/aromatic N) is 5. The summed E-state index contributed by atoms with van der Waals surface area (Å²) in [7, 11) is 2.98. The van der Waals surface area contributed by atoms with Crippen molar-refractivity contribution < 1.29 is 32.4 Å². The number of aryl methyl sites for hydroxylation is 1. The van der Waals surface area contributed by atoms with Crippen LogP contribution in [0.4, 0.5) is 36.3 Å². The highest BCUT2D eigenvalue weighted by Gasteiger charge is 2.37. The van der Waals surface area contributed by atoms with Crippen LogP contribution in [-0.4, -0.2) is 56.4 Å². The molecular formula is C28H27F3N7O4P. The molecule has 2 aromatic heterocycles. The minimum Gasteiger partial charge on any atom is -0.495 e. The number of anilines is 4. The fourth-order valence-corrected chi connectivity index (χ4v) is 5.14. The number of aliphatic hydroxyl groups excluding tert-OH is 1. The molecule has 224 valence electrons. The molecule has 43 heavy (non-hydrogen) atoms. The highest BCUT2D eigenvalue weighted by atomic mass is 31.1. The first-order valence-electron chi connectivity index (χ1n) is 13.1. The van der Waals surface area contributed by atoms with Crippen molar-refractivity contribution in [1.82, 2.24) is 24.6 Å². The maximum atomic E-state index is 14.0. The van der Waals surface area contributed by atoms with E-state index in [1.807, 2.05) is 0 Å². The quantitative estimate of drug-likeness (QED) is 0.184. The van der Waals surface area contributed by atoms with Crippen LogP contribution in [0.5, 0.6) is 5.75 Å². The van der Waals surface area contributed by atoms with Crippen molar-refractivity contribution in [1.29, 1.82) is 0 Å². The number of alkyl halides is 3. The lowest BCUT2D eigenvalue weighted by molar-refractivity contribution is -0.137. The molecular weight excluding hydrogens is 586 g/mol. The molecule has 0 spiro atoms. The lowest BCUT2D eigenvalue weighted by atomic mass is 9.97. The van der Waals surface area contributed by atoms with Gasteiger partial charge in [0.1, 0.15) is 17.1 Å². The van der Waals surface area contributed by atoms with Crippen LogP contribution < -0.4 is 15.4 Å². The van der Waals surface area contributed by atoms with Gasteiger partial charge in [-0.15, -0.1) is 0 Å². The molecule has 0 unspecified atom stereocenters. The van der Waals surface area contributed by atoms with Gasteiger partial charge in [0.15, 0.2) is 8.46 Å². The van der Waals surface area contributed by atoms with Crippen molar-refractivity contribution in [2.75, 3.05) is 31.4 Å². The molecule has 3 N–H and O–H groups in total. The Labute approximate surface area is 245 Å². The van der Waals surface area contributed by atoms with Crippen molar-refractivity contribution in [3.63, 3.8) is 0 Å². The van der Waals surface area contributed by atoms with Gasteiger partial charge in [0.25, 0.3) is 5.91 Å². The summed E-state index contributed by atoms with van der Waals surface area (Å²) in [6.45, 7) is 0.787. The van der Waals surface area contributed by atoms with E-state index in [1.165, 1.54) is 12.0 Å². The summed E-state index contributed by atoms with van der Waals surface area (Å²) in [5, 5.41) is 19.0. The Bertz CT molecular complexity index is 1680. The molecule has 0 fully saturated rings. The van der Waals surface area contributed by atoms with Crippen LogP contribution in [0.15, 0.2) is 48.9 Å². The molecule has 1 aliphatic heterocycles. The first kappa shape index (κ1) is 29.9. The van der Waals surface area contributed by atoms with Crippen LogP contribution in [0, 0.1) is 0 Å². The van der Waals surface area contributed by atoms with Crippen LogP contribution in [0.3, 0.4) is 0 Å². The fourth-order valence-electron chi connectivity index (χ4n) is 4.79.